The van der Waals surface area contributed by atoms with Gasteiger partial charge in [-0.3, -0.25) is 9.59 Å². The molecule has 0 aliphatic carbocycles. The molecule has 1 heterocycles. The summed E-state index contributed by atoms with van der Waals surface area (Å²) in [6.07, 6.45) is 0. The van der Waals surface area contributed by atoms with Gasteiger partial charge in [0.2, 0.25) is 5.91 Å². The van der Waals surface area contributed by atoms with Gasteiger partial charge in [0.15, 0.2) is 0 Å². The van der Waals surface area contributed by atoms with Crippen molar-refractivity contribution in [1.82, 2.24) is 9.88 Å². The van der Waals surface area contributed by atoms with Crippen LogP contribution in [-0.4, -0.2) is 35.3 Å². The Morgan fingerprint density at radius 2 is 1.77 bits per heavy atom. The number of aromatic nitrogens is 1. The largest absolute Gasteiger partial charge is 0.332 e. The lowest BCUT2D eigenvalue weighted by Crippen LogP contribution is -2.35. The van der Waals surface area contributed by atoms with Crippen molar-refractivity contribution in [1.29, 1.82) is 0 Å². The lowest BCUT2D eigenvalue weighted by Gasteiger charge is -2.17. The molecule has 0 atom stereocenters. The van der Waals surface area contributed by atoms with Crippen LogP contribution in [-0.2, 0) is 4.79 Å². The molecule has 0 radical (unpaired) electrons. The topological polar surface area (TPSA) is 62.3 Å². The molecule has 0 aliphatic rings. The zero-order valence-electron chi connectivity index (χ0n) is 17.0. The SMILES string of the molecule is Cc1ccc(-c2nc(C)c(C(=O)N(C)CC(=O)Nc3c(Cl)cccc3Cl)s2)c(C)c1. The fraction of sp³-hybridized carbons (Fsp3) is 0.227. The number of rotatable bonds is 5. The van der Waals surface area contributed by atoms with Gasteiger partial charge in [-0.25, -0.2) is 4.98 Å². The van der Waals surface area contributed by atoms with Crippen LogP contribution in [0.15, 0.2) is 36.4 Å². The van der Waals surface area contributed by atoms with Gasteiger partial charge in [0, 0.05) is 12.6 Å². The smallest absolute Gasteiger partial charge is 0.266 e. The lowest BCUT2D eigenvalue weighted by atomic mass is 10.1. The van der Waals surface area contributed by atoms with Crippen molar-refractivity contribution in [3.05, 3.63) is 68.1 Å². The fourth-order valence-electron chi connectivity index (χ4n) is 3.02. The molecule has 0 fully saturated rings. The van der Waals surface area contributed by atoms with Crippen LogP contribution in [0.2, 0.25) is 10.0 Å². The number of anilines is 1. The monoisotopic (exact) mass is 461 g/mol. The zero-order chi connectivity index (χ0) is 22.0. The second-order valence-electron chi connectivity index (χ2n) is 7.06. The molecule has 8 heteroatoms. The summed E-state index contributed by atoms with van der Waals surface area (Å²) in [5.41, 5.74) is 4.25. The minimum absolute atomic E-state index is 0.142. The lowest BCUT2D eigenvalue weighted by molar-refractivity contribution is -0.116. The van der Waals surface area contributed by atoms with Gasteiger partial charge in [0.1, 0.15) is 9.88 Å². The number of amides is 2. The first kappa shape index (κ1) is 22.3. The summed E-state index contributed by atoms with van der Waals surface area (Å²) in [6, 6.07) is 11.1. The minimum atomic E-state index is -0.391. The Morgan fingerprint density at radius 1 is 1.10 bits per heavy atom. The number of thiazole rings is 1. The molecule has 2 aromatic carbocycles. The molecule has 30 heavy (non-hydrogen) atoms. The van der Waals surface area contributed by atoms with Crippen molar-refractivity contribution in [3.8, 4) is 10.6 Å². The Hall–Kier alpha value is -2.41. The number of nitrogens with zero attached hydrogens (tertiary/aromatic N) is 2. The third-order valence-electron chi connectivity index (χ3n) is 4.56. The summed E-state index contributed by atoms with van der Waals surface area (Å²) in [7, 11) is 1.58. The molecule has 2 amide bonds. The first-order chi connectivity index (χ1) is 14.2. The third-order valence-corrected chi connectivity index (χ3v) is 6.37. The van der Waals surface area contributed by atoms with Crippen molar-refractivity contribution < 1.29 is 9.59 Å². The van der Waals surface area contributed by atoms with Gasteiger partial charge in [-0.2, -0.15) is 0 Å². The predicted octanol–water partition coefficient (Wildman–Crippen LogP) is 5.75. The maximum absolute atomic E-state index is 12.9. The maximum Gasteiger partial charge on any atom is 0.266 e. The van der Waals surface area contributed by atoms with Gasteiger partial charge in [-0.1, -0.05) is 53.0 Å². The van der Waals surface area contributed by atoms with Crippen molar-refractivity contribution >= 4 is 52.0 Å². The summed E-state index contributed by atoms with van der Waals surface area (Å²) in [6.45, 7) is 5.72. The van der Waals surface area contributed by atoms with E-state index in [0.29, 0.717) is 26.3 Å². The summed E-state index contributed by atoms with van der Waals surface area (Å²) in [4.78, 5) is 31.8. The van der Waals surface area contributed by atoms with Crippen molar-refractivity contribution in [2.75, 3.05) is 18.9 Å². The normalized spacial score (nSPS) is 10.7. The highest BCUT2D eigenvalue weighted by Crippen LogP contribution is 2.32. The number of carbonyl (C=O) groups is 2. The fourth-order valence-corrected chi connectivity index (χ4v) is 4.66. The average Bonchev–Trinajstić information content (AvgIpc) is 3.05. The van der Waals surface area contributed by atoms with Gasteiger partial charge in [0.25, 0.3) is 5.91 Å². The second kappa shape index (κ2) is 9.16. The first-order valence-electron chi connectivity index (χ1n) is 9.21. The molecule has 0 unspecified atom stereocenters. The van der Waals surface area contributed by atoms with Crippen LogP contribution in [0, 0.1) is 20.8 Å². The molecule has 1 aromatic heterocycles. The number of hydrogen-bond donors (Lipinski definition) is 1. The van der Waals surface area contributed by atoms with Crippen LogP contribution in [0.4, 0.5) is 5.69 Å². The van der Waals surface area contributed by atoms with E-state index in [1.807, 2.05) is 26.0 Å². The molecule has 0 aliphatic heterocycles. The molecule has 0 saturated heterocycles. The molecule has 3 aromatic rings. The zero-order valence-corrected chi connectivity index (χ0v) is 19.4. The Balaban J connectivity index is 1.75. The Morgan fingerprint density at radius 3 is 2.40 bits per heavy atom. The number of nitrogens with one attached hydrogen (secondary N) is 1. The molecule has 0 spiro atoms. The summed E-state index contributed by atoms with van der Waals surface area (Å²) >= 11 is 13.5. The number of aryl methyl sites for hydroxylation is 3. The Labute approximate surface area is 189 Å². The van der Waals surface area contributed by atoms with Crippen LogP contribution in [0.25, 0.3) is 10.6 Å². The van der Waals surface area contributed by atoms with E-state index in [4.69, 9.17) is 23.2 Å². The number of halogens is 2. The molecule has 3 rings (SSSR count). The van der Waals surface area contributed by atoms with Crippen molar-refractivity contribution in [2.24, 2.45) is 0 Å². The van der Waals surface area contributed by atoms with E-state index in [9.17, 15) is 9.59 Å². The summed E-state index contributed by atoms with van der Waals surface area (Å²) < 4.78 is 0. The van der Waals surface area contributed by atoms with E-state index in [1.165, 1.54) is 21.8 Å². The standard InChI is InChI=1S/C22H21Cl2N3O2S/c1-12-8-9-15(13(2)10-12)21-25-14(3)20(30-21)22(29)27(4)11-18(28)26-19-16(23)6-5-7-17(19)24/h5-10H,11H2,1-4H3,(H,26,28). The van der Waals surface area contributed by atoms with E-state index < -0.39 is 5.91 Å². The highest BCUT2D eigenvalue weighted by Gasteiger charge is 2.22. The van der Waals surface area contributed by atoms with Crippen LogP contribution in [0.3, 0.4) is 0 Å². The predicted molar refractivity (Wildman–Crippen MR) is 124 cm³/mol. The van der Waals surface area contributed by atoms with Crippen molar-refractivity contribution in [3.63, 3.8) is 0 Å². The van der Waals surface area contributed by atoms with E-state index in [1.54, 1.807) is 32.2 Å². The highest BCUT2D eigenvalue weighted by atomic mass is 35.5. The van der Waals surface area contributed by atoms with E-state index >= 15 is 0 Å². The van der Waals surface area contributed by atoms with E-state index in [2.05, 4.69) is 16.4 Å². The first-order valence-corrected chi connectivity index (χ1v) is 10.8. The summed E-state index contributed by atoms with van der Waals surface area (Å²) in [5, 5.41) is 4.12. The van der Waals surface area contributed by atoms with Crippen LogP contribution >= 0.6 is 34.5 Å². The molecule has 1 N–H and O–H groups in total. The van der Waals surface area contributed by atoms with E-state index in [0.717, 1.165) is 16.1 Å². The van der Waals surface area contributed by atoms with Crippen LogP contribution in [0.1, 0.15) is 26.5 Å². The Kier molecular flexibility index (Phi) is 6.81. The number of benzene rings is 2. The maximum atomic E-state index is 12.9. The van der Waals surface area contributed by atoms with Gasteiger partial charge in [-0.15, -0.1) is 11.3 Å². The summed E-state index contributed by atoms with van der Waals surface area (Å²) in [5.74, 6) is -0.654. The quantitative estimate of drug-likeness (QED) is 0.525. The number of carbonyl (C=O) groups excluding carboxylic acids is 2. The van der Waals surface area contributed by atoms with Crippen LogP contribution < -0.4 is 5.32 Å². The van der Waals surface area contributed by atoms with Crippen LogP contribution in [0.5, 0.6) is 0 Å². The number of para-hydroxylation sites is 1. The molecule has 5 nitrogen and oxygen atoms in total. The molecule has 156 valence electrons. The molecule has 0 saturated carbocycles. The molecular formula is C22H21Cl2N3O2S. The number of likely N-dealkylation sites (N-methyl/N-ethyl adjacent to an activating group) is 1. The average molecular weight is 462 g/mol. The van der Waals surface area contributed by atoms with Gasteiger partial charge in [-0.05, 0) is 38.5 Å². The molecule has 0 bridgehead atoms. The van der Waals surface area contributed by atoms with Gasteiger partial charge < -0.3 is 10.2 Å². The Bertz CT molecular complexity index is 1110. The third kappa shape index (κ3) is 4.83. The van der Waals surface area contributed by atoms with Crippen molar-refractivity contribution in [2.45, 2.75) is 20.8 Å². The minimum Gasteiger partial charge on any atom is -0.332 e. The van der Waals surface area contributed by atoms with E-state index in [-0.39, 0.29) is 12.5 Å². The number of hydrogen-bond acceptors (Lipinski definition) is 4. The second-order valence-corrected chi connectivity index (χ2v) is 8.87. The highest BCUT2D eigenvalue weighted by molar-refractivity contribution is 7.17. The van der Waals surface area contributed by atoms with Gasteiger partial charge >= 0.3 is 0 Å². The molecular weight excluding hydrogens is 441 g/mol. The van der Waals surface area contributed by atoms with Gasteiger partial charge in [0.05, 0.1) is 28.0 Å².